The van der Waals surface area contributed by atoms with Gasteiger partial charge in [-0.3, -0.25) is 9.69 Å². The number of piperidine rings is 1. The van der Waals surface area contributed by atoms with Gasteiger partial charge in [-0.2, -0.15) is 0 Å². The summed E-state index contributed by atoms with van der Waals surface area (Å²) in [6, 6.07) is 0. The van der Waals surface area contributed by atoms with E-state index >= 15 is 0 Å². The van der Waals surface area contributed by atoms with Crippen LogP contribution >= 0.6 is 11.3 Å². The molecule has 0 saturated carbocycles. The molecule has 2 rings (SSSR count). The third-order valence-corrected chi connectivity index (χ3v) is 4.85. The fraction of sp³-hybridized carbons (Fsp3) is 0.714. The third kappa shape index (κ3) is 4.26. The first-order valence-corrected chi connectivity index (χ1v) is 8.23. The van der Waals surface area contributed by atoms with Gasteiger partial charge in [-0.1, -0.05) is 13.8 Å². The number of nitrogens with zero attached hydrogens (tertiary/aromatic N) is 2. The van der Waals surface area contributed by atoms with Crippen molar-refractivity contribution in [3.05, 3.63) is 11.1 Å². The number of likely N-dealkylation sites (N-methyl/N-ethyl adjacent to an activating group) is 1. The average molecular weight is 296 g/mol. The van der Waals surface area contributed by atoms with Gasteiger partial charge in [0, 0.05) is 11.1 Å². The zero-order chi connectivity index (χ0) is 14.4. The molecule has 6 heteroatoms. The summed E-state index contributed by atoms with van der Waals surface area (Å²) in [6.45, 7) is 8.50. The largest absolute Gasteiger partial charge is 0.317 e. The van der Waals surface area contributed by atoms with Crippen LogP contribution in [0.1, 0.15) is 37.5 Å². The van der Waals surface area contributed by atoms with Gasteiger partial charge in [0.25, 0.3) is 0 Å². The Balaban J connectivity index is 1.87. The second-order valence-electron chi connectivity index (χ2n) is 5.10. The first-order chi connectivity index (χ1) is 9.72. The lowest BCUT2D eigenvalue weighted by Crippen LogP contribution is -2.32. The highest BCUT2D eigenvalue weighted by atomic mass is 32.1. The maximum Gasteiger partial charge on any atom is 0.240 e. The van der Waals surface area contributed by atoms with Crippen molar-refractivity contribution in [1.82, 2.24) is 15.2 Å². The van der Waals surface area contributed by atoms with Crippen molar-refractivity contribution >= 4 is 22.4 Å². The molecule has 1 saturated heterocycles. The zero-order valence-corrected chi connectivity index (χ0v) is 13.1. The molecule has 20 heavy (non-hydrogen) atoms. The van der Waals surface area contributed by atoms with Crippen LogP contribution in [0.2, 0.25) is 0 Å². The number of hydrogen-bond donors (Lipinski definition) is 2. The van der Waals surface area contributed by atoms with Crippen LogP contribution in [0.3, 0.4) is 0 Å². The maximum absolute atomic E-state index is 11.9. The Bertz CT molecular complexity index is 425. The van der Waals surface area contributed by atoms with Crippen molar-refractivity contribution in [3.8, 4) is 0 Å². The highest BCUT2D eigenvalue weighted by Gasteiger charge is 2.18. The van der Waals surface area contributed by atoms with E-state index in [9.17, 15) is 4.79 Å². The van der Waals surface area contributed by atoms with E-state index in [2.05, 4.69) is 34.4 Å². The van der Waals surface area contributed by atoms with E-state index in [4.69, 9.17) is 0 Å². The SMILES string of the molecule is CCN(CC)CC(=O)Nc1ncc(C2CCNCC2)s1. The molecule has 0 bridgehead atoms. The molecule has 0 aliphatic carbocycles. The summed E-state index contributed by atoms with van der Waals surface area (Å²) in [6.07, 6.45) is 4.25. The Kier molecular flexibility index (Phi) is 5.94. The van der Waals surface area contributed by atoms with E-state index in [0.717, 1.165) is 44.2 Å². The lowest BCUT2D eigenvalue weighted by atomic mass is 9.97. The smallest absolute Gasteiger partial charge is 0.240 e. The number of carbonyl (C=O) groups excluding carboxylic acids is 1. The molecule has 1 aliphatic heterocycles. The van der Waals surface area contributed by atoms with Gasteiger partial charge in [-0.05, 0) is 44.9 Å². The van der Waals surface area contributed by atoms with Crippen molar-refractivity contribution in [2.24, 2.45) is 0 Å². The normalized spacial score (nSPS) is 16.6. The molecule has 1 amide bonds. The lowest BCUT2D eigenvalue weighted by Gasteiger charge is -2.20. The number of aromatic nitrogens is 1. The molecule has 1 aromatic rings. The summed E-state index contributed by atoms with van der Waals surface area (Å²) in [4.78, 5) is 19.7. The van der Waals surface area contributed by atoms with Gasteiger partial charge in [0.15, 0.2) is 5.13 Å². The Morgan fingerprint density at radius 1 is 1.45 bits per heavy atom. The molecule has 0 aromatic carbocycles. The number of anilines is 1. The summed E-state index contributed by atoms with van der Waals surface area (Å²) in [5, 5.41) is 7.01. The van der Waals surface area contributed by atoms with Crippen LogP contribution in [0.15, 0.2) is 6.20 Å². The summed E-state index contributed by atoms with van der Waals surface area (Å²) in [5.74, 6) is 0.627. The Morgan fingerprint density at radius 2 is 2.15 bits per heavy atom. The molecule has 5 nitrogen and oxygen atoms in total. The fourth-order valence-corrected chi connectivity index (χ4v) is 3.45. The zero-order valence-electron chi connectivity index (χ0n) is 12.3. The van der Waals surface area contributed by atoms with E-state index < -0.39 is 0 Å². The van der Waals surface area contributed by atoms with E-state index in [1.54, 1.807) is 11.3 Å². The molecular formula is C14H24N4OS. The van der Waals surface area contributed by atoms with E-state index in [0.29, 0.717) is 12.5 Å². The molecule has 0 radical (unpaired) electrons. The van der Waals surface area contributed by atoms with Gasteiger partial charge in [-0.15, -0.1) is 11.3 Å². The van der Waals surface area contributed by atoms with E-state index in [1.165, 1.54) is 4.88 Å². The van der Waals surface area contributed by atoms with E-state index in [1.807, 2.05) is 6.20 Å². The molecular weight excluding hydrogens is 272 g/mol. The van der Waals surface area contributed by atoms with E-state index in [-0.39, 0.29) is 5.91 Å². The molecule has 0 atom stereocenters. The number of amides is 1. The monoisotopic (exact) mass is 296 g/mol. The maximum atomic E-state index is 11.9. The molecule has 112 valence electrons. The summed E-state index contributed by atoms with van der Waals surface area (Å²) in [7, 11) is 0. The van der Waals surface area contributed by atoms with Crippen molar-refractivity contribution < 1.29 is 4.79 Å². The fourth-order valence-electron chi connectivity index (χ4n) is 2.45. The molecule has 1 aromatic heterocycles. The first-order valence-electron chi connectivity index (χ1n) is 7.41. The Morgan fingerprint density at radius 3 is 2.80 bits per heavy atom. The first kappa shape index (κ1) is 15.4. The Hall–Kier alpha value is -0.980. The molecule has 0 unspecified atom stereocenters. The number of rotatable bonds is 6. The second kappa shape index (κ2) is 7.71. The molecule has 2 heterocycles. The molecule has 0 spiro atoms. The summed E-state index contributed by atoms with van der Waals surface area (Å²) >= 11 is 1.62. The van der Waals surface area contributed by atoms with Gasteiger partial charge in [0.2, 0.25) is 5.91 Å². The molecule has 1 fully saturated rings. The predicted molar refractivity (Wildman–Crippen MR) is 83.4 cm³/mol. The van der Waals surface area contributed by atoms with Crippen molar-refractivity contribution in [2.45, 2.75) is 32.6 Å². The highest BCUT2D eigenvalue weighted by molar-refractivity contribution is 7.15. The second-order valence-corrected chi connectivity index (χ2v) is 6.16. The standard InChI is InChI=1S/C14H24N4OS/c1-3-18(4-2)10-13(19)17-14-16-9-12(20-14)11-5-7-15-8-6-11/h9,11,15H,3-8,10H2,1-2H3,(H,16,17,19). The van der Waals surface area contributed by atoms with Crippen LogP contribution in [0, 0.1) is 0 Å². The molecule has 2 N–H and O–H groups in total. The third-order valence-electron chi connectivity index (χ3n) is 3.77. The topological polar surface area (TPSA) is 57.3 Å². The van der Waals surface area contributed by atoms with Gasteiger partial charge in [-0.25, -0.2) is 4.98 Å². The molecule has 1 aliphatic rings. The minimum absolute atomic E-state index is 0.0277. The lowest BCUT2D eigenvalue weighted by molar-refractivity contribution is -0.117. The minimum Gasteiger partial charge on any atom is -0.317 e. The van der Waals surface area contributed by atoms with Gasteiger partial charge >= 0.3 is 0 Å². The van der Waals surface area contributed by atoms with Crippen LogP contribution < -0.4 is 10.6 Å². The quantitative estimate of drug-likeness (QED) is 0.842. The highest BCUT2D eigenvalue weighted by Crippen LogP contribution is 2.31. The van der Waals surface area contributed by atoms with Crippen LogP contribution in [0.4, 0.5) is 5.13 Å². The van der Waals surface area contributed by atoms with Crippen molar-refractivity contribution in [3.63, 3.8) is 0 Å². The number of carbonyl (C=O) groups is 1. The van der Waals surface area contributed by atoms with Gasteiger partial charge in [0.05, 0.1) is 6.54 Å². The van der Waals surface area contributed by atoms with Crippen molar-refractivity contribution in [1.29, 1.82) is 0 Å². The van der Waals surface area contributed by atoms with Crippen LogP contribution in [-0.4, -0.2) is 48.5 Å². The number of thiazole rings is 1. The van der Waals surface area contributed by atoms with Crippen molar-refractivity contribution in [2.75, 3.05) is 38.0 Å². The summed E-state index contributed by atoms with van der Waals surface area (Å²) in [5.41, 5.74) is 0. The van der Waals surface area contributed by atoms with Crippen LogP contribution in [0.25, 0.3) is 0 Å². The van der Waals surface area contributed by atoms with Crippen LogP contribution in [0.5, 0.6) is 0 Å². The number of hydrogen-bond acceptors (Lipinski definition) is 5. The average Bonchev–Trinajstić information content (AvgIpc) is 2.94. The van der Waals surface area contributed by atoms with Gasteiger partial charge in [0.1, 0.15) is 0 Å². The summed E-state index contributed by atoms with van der Waals surface area (Å²) < 4.78 is 0. The predicted octanol–water partition coefficient (Wildman–Crippen LogP) is 1.89. The Labute approximate surface area is 124 Å². The number of nitrogens with one attached hydrogen (secondary N) is 2. The van der Waals surface area contributed by atoms with Crippen LogP contribution in [-0.2, 0) is 4.79 Å². The van der Waals surface area contributed by atoms with Gasteiger partial charge < -0.3 is 10.6 Å². The minimum atomic E-state index is 0.0277.